The molecule has 0 saturated carbocycles. The summed E-state index contributed by atoms with van der Waals surface area (Å²) in [6, 6.07) is 13.8. The fraction of sp³-hybridized carbons (Fsp3) is 0.292. The number of carbonyl (C=O) groups is 3. The van der Waals surface area contributed by atoms with Crippen molar-refractivity contribution in [2.75, 3.05) is 43.1 Å². The van der Waals surface area contributed by atoms with Gasteiger partial charge in [0.2, 0.25) is 5.91 Å². The minimum Gasteiger partial charge on any atom is -0.494 e. The Bertz CT molecular complexity index is 1050. The van der Waals surface area contributed by atoms with Crippen molar-refractivity contribution in [3.63, 3.8) is 0 Å². The molecule has 0 radical (unpaired) electrons. The second-order valence-corrected chi connectivity index (χ2v) is 7.45. The number of carbonyl (C=O) groups excluding carboxylic acids is 3. The maximum Gasteiger partial charge on any atom is 0.282 e. The Labute approximate surface area is 186 Å². The lowest BCUT2D eigenvalue weighted by molar-refractivity contribution is -0.121. The molecule has 2 aliphatic rings. The average molecular weight is 435 g/mol. The second kappa shape index (κ2) is 9.23. The van der Waals surface area contributed by atoms with Crippen LogP contribution in [0.5, 0.6) is 5.75 Å². The molecule has 8 nitrogen and oxygen atoms in total. The molecule has 166 valence electrons. The third-order valence-electron chi connectivity index (χ3n) is 5.29. The lowest BCUT2D eigenvalue weighted by Crippen LogP contribution is -2.40. The predicted molar refractivity (Wildman–Crippen MR) is 120 cm³/mol. The number of morpholine rings is 1. The molecular weight excluding hydrogens is 410 g/mol. The first kappa shape index (κ1) is 21.6. The Hall–Kier alpha value is -3.65. The summed E-state index contributed by atoms with van der Waals surface area (Å²) in [5.41, 5.74) is 2.44. The van der Waals surface area contributed by atoms with E-state index in [-0.39, 0.29) is 17.7 Å². The molecule has 2 aliphatic heterocycles. The topological polar surface area (TPSA) is 88.2 Å². The van der Waals surface area contributed by atoms with E-state index in [4.69, 9.17) is 9.47 Å². The maximum atomic E-state index is 13.5. The van der Waals surface area contributed by atoms with Crippen LogP contribution in [0.4, 0.5) is 11.4 Å². The second-order valence-electron chi connectivity index (χ2n) is 7.45. The smallest absolute Gasteiger partial charge is 0.282 e. The van der Waals surface area contributed by atoms with Gasteiger partial charge in [-0.3, -0.25) is 14.4 Å². The Kier molecular flexibility index (Phi) is 6.23. The van der Waals surface area contributed by atoms with Crippen molar-refractivity contribution in [2.24, 2.45) is 0 Å². The number of imide groups is 1. The lowest BCUT2D eigenvalue weighted by atomic mass is 10.0. The number of hydrogen-bond acceptors (Lipinski definition) is 6. The summed E-state index contributed by atoms with van der Waals surface area (Å²) in [5, 5.41) is 2.68. The van der Waals surface area contributed by atoms with Crippen LogP contribution in [-0.4, -0.2) is 55.5 Å². The van der Waals surface area contributed by atoms with Gasteiger partial charge in [0.25, 0.3) is 11.8 Å². The quantitative estimate of drug-likeness (QED) is 0.702. The fourth-order valence-corrected chi connectivity index (χ4v) is 3.87. The van der Waals surface area contributed by atoms with Gasteiger partial charge in [-0.2, -0.15) is 0 Å². The van der Waals surface area contributed by atoms with Gasteiger partial charge in [-0.1, -0.05) is 12.1 Å². The Balaban J connectivity index is 1.72. The van der Waals surface area contributed by atoms with Crippen molar-refractivity contribution in [1.82, 2.24) is 4.90 Å². The predicted octanol–water partition coefficient (Wildman–Crippen LogP) is 2.66. The molecule has 4 rings (SSSR count). The van der Waals surface area contributed by atoms with E-state index in [0.29, 0.717) is 66.9 Å². The number of rotatable bonds is 6. The molecule has 2 aromatic rings. The summed E-state index contributed by atoms with van der Waals surface area (Å²) in [5.74, 6) is -0.243. The zero-order valence-electron chi connectivity index (χ0n) is 18.1. The molecule has 1 saturated heterocycles. The molecule has 0 unspecified atom stereocenters. The highest BCUT2D eigenvalue weighted by molar-refractivity contribution is 6.45. The molecule has 2 aromatic carbocycles. The van der Waals surface area contributed by atoms with E-state index in [2.05, 4.69) is 5.32 Å². The number of anilines is 2. The molecule has 2 heterocycles. The number of ether oxygens (including phenoxy) is 2. The number of nitrogens with zero attached hydrogens (tertiary/aromatic N) is 2. The van der Waals surface area contributed by atoms with Crippen LogP contribution in [-0.2, 0) is 19.1 Å². The van der Waals surface area contributed by atoms with Crippen LogP contribution in [0.25, 0.3) is 5.57 Å². The number of nitrogens with one attached hydrogen (secondary N) is 1. The summed E-state index contributed by atoms with van der Waals surface area (Å²) in [6.07, 6.45) is 0. The summed E-state index contributed by atoms with van der Waals surface area (Å²) < 4.78 is 10.9. The molecule has 1 fully saturated rings. The highest BCUT2D eigenvalue weighted by atomic mass is 16.5. The summed E-state index contributed by atoms with van der Waals surface area (Å²) in [6.45, 7) is 5.92. The third-order valence-corrected chi connectivity index (χ3v) is 5.29. The first-order valence-corrected chi connectivity index (χ1v) is 10.6. The highest BCUT2D eigenvalue weighted by Gasteiger charge is 2.42. The average Bonchev–Trinajstić information content (AvgIpc) is 3.05. The van der Waals surface area contributed by atoms with Crippen LogP contribution >= 0.6 is 0 Å². The Morgan fingerprint density at radius 1 is 1.00 bits per heavy atom. The SMILES string of the molecule is CCOc1ccc(C2=C(N3CCOCC3)C(=O)N(c3ccc(NC(C)=O)cc3)C2=O)cc1. The van der Waals surface area contributed by atoms with E-state index >= 15 is 0 Å². The summed E-state index contributed by atoms with van der Waals surface area (Å²) in [7, 11) is 0. The van der Waals surface area contributed by atoms with Crippen molar-refractivity contribution < 1.29 is 23.9 Å². The first-order chi connectivity index (χ1) is 15.5. The summed E-state index contributed by atoms with van der Waals surface area (Å²) in [4.78, 5) is 41.4. The molecule has 0 spiro atoms. The molecule has 8 heteroatoms. The van der Waals surface area contributed by atoms with E-state index in [1.807, 2.05) is 11.8 Å². The zero-order valence-corrected chi connectivity index (χ0v) is 18.1. The van der Waals surface area contributed by atoms with E-state index < -0.39 is 0 Å². The van der Waals surface area contributed by atoms with Gasteiger partial charge in [0.05, 0.1) is 31.1 Å². The van der Waals surface area contributed by atoms with Gasteiger partial charge >= 0.3 is 0 Å². The maximum absolute atomic E-state index is 13.5. The van der Waals surface area contributed by atoms with Gasteiger partial charge in [0, 0.05) is 25.7 Å². The molecule has 1 N–H and O–H groups in total. The van der Waals surface area contributed by atoms with Crippen LogP contribution in [0.3, 0.4) is 0 Å². The fourth-order valence-electron chi connectivity index (χ4n) is 3.87. The standard InChI is InChI=1S/C24H25N3O5/c1-3-32-20-10-4-17(5-11-20)21-22(26-12-14-31-15-13-26)24(30)27(23(21)29)19-8-6-18(7-9-19)25-16(2)28/h4-11H,3,12-15H2,1-2H3,(H,25,28). The highest BCUT2D eigenvalue weighted by Crippen LogP contribution is 2.36. The van der Waals surface area contributed by atoms with E-state index in [1.54, 1.807) is 48.5 Å². The van der Waals surface area contributed by atoms with Gasteiger partial charge in [-0.15, -0.1) is 0 Å². The normalized spacial score (nSPS) is 16.6. The van der Waals surface area contributed by atoms with Crippen LogP contribution < -0.4 is 15.0 Å². The van der Waals surface area contributed by atoms with Crippen molar-refractivity contribution in [1.29, 1.82) is 0 Å². The number of benzene rings is 2. The zero-order chi connectivity index (χ0) is 22.7. The van der Waals surface area contributed by atoms with E-state index in [0.717, 1.165) is 0 Å². The van der Waals surface area contributed by atoms with Crippen LogP contribution in [0.1, 0.15) is 19.4 Å². The van der Waals surface area contributed by atoms with Crippen LogP contribution in [0.2, 0.25) is 0 Å². The molecule has 3 amide bonds. The molecule has 32 heavy (non-hydrogen) atoms. The lowest BCUT2D eigenvalue weighted by Gasteiger charge is -2.29. The van der Waals surface area contributed by atoms with Crippen molar-refractivity contribution >= 4 is 34.7 Å². The van der Waals surface area contributed by atoms with Crippen molar-refractivity contribution in [2.45, 2.75) is 13.8 Å². The first-order valence-electron chi connectivity index (χ1n) is 10.6. The molecule has 0 atom stereocenters. The minimum absolute atomic E-state index is 0.194. The van der Waals surface area contributed by atoms with Crippen molar-refractivity contribution in [3.05, 3.63) is 59.8 Å². The largest absolute Gasteiger partial charge is 0.494 e. The number of amides is 3. The molecular formula is C24H25N3O5. The minimum atomic E-state index is -0.382. The van der Waals surface area contributed by atoms with Gasteiger partial charge in [-0.05, 0) is 48.9 Å². The Morgan fingerprint density at radius 3 is 2.25 bits per heavy atom. The van der Waals surface area contributed by atoms with Gasteiger partial charge in [0.15, 0.2) is 0 Å². The number of hydrogen-bond donors (Lipinski definition) is 1. The van der Waals surface area contributed by atoms with Gasteiger partial charge in [-0.25, -0.2) is 4.90 Å². The van der Waals surface area contributed by atoms with Gasteiger partial charge < -0.3 is 19.7 Å². The van der Waals surface area contributed by atoms with E-state index in [9.17, 15) is 14.4 Å². The van der Waals surface area contributed by atoms with Crippen molar-refractivity contribution in [3.8, 4) is 5.75 Å². The molecule has 0 aliphatic carbocycles. The monoisotopic (exact) mass is 435 g/mol. The molecule has 0 bridgehead atoms. The van der Waals surface area contributed by atoms with Gasteiger partial charge in [0.1, 0.15) is 11.4 Å². The summed E-state index contributed by atoms with van der Waals surface area (Å²) >= 11 is 0. The molecule has 0 aromatic heterocycles. The Morgan fingerprint density at radius 2 is 1.66 bits per heavy atom. The third kappa shape index (κ3) is 4.22. The van der Waals surface area contributed by atoms with Crippen LogP contribution in [0, 0.1) is 0 Å². The van der Waals surface area contributed by atoms with E-state index in [1.165, 1.54) is 11.8 Å². The van der Waals surface area contributed by atoms with Crippen LogP contribution in [0.15, 0.2) is 54.2 Å².